The first kappa shape index (κ1) is 9.56. The van der Waals surface area contributed by atoms with Gasteiger partial charge in [-0.2, -0.15) is 0 Å². The van der Waals surface area contributed by atoms with E-state index in [1.807, 2.05) is 25.1 Å². The predicted molar refractivity (Wildman–Crippen MR) is 53.4 cm³/mol. The van der Waals surface area contributed by atoms with Gasteiger partial charge in [0.25, 0.3) is 0 Å². The summed E-state index contributed by atoms with van der Waals surface area (Å²) in [6.45, 7) is 2.02. The van der Waals surface area contributed by atoms with Crippen molar-refractivity contribution in [3.63, 3.8) is 0 Å². The minimum Gasteiger partial charge on any atom is -0.328 e. The SMILES string of the molecule is C[C@H](N)CCc1cccc(Cl)c1. The molecule has 1 atom stereocenters. The van der Waals surface area contributed by atoms with E-state index in [0.29, 0.717) is 0 Å². The van der Waals surface area contributed by atoms with Gasteiger partial charge in [-0.05, 0) is 37.5 Å². The molecule has 0 bridgehead atoms. The first-order chi connectivity index (χ1) is 5.68. The van der Waals surface area contributed by atoms with Crippen molar-refractivity contribution in [3.8, 4) is 0 Å². The van der Waals surface area contributed by atoms with Crippen LogP contribution in [0.1, 0.15) is 18.9 Å². The third kappa shape index (κ3) is 3.24. The first-order valence-corrected chi connectivity index (χ1v) is 4.56. The summed E-state index contributed by atoms with van der Waals surface area (Å²) < 4.78 is 0. The highest BCUT2D eigenvalue weighted by atomic mass is 35.5. The van der Waals surface area contributed by atoms with Crippen LogP contribution in [0.5, 0.6) is 0 Å². The summed E-state index contributed by atoms with van der Waals surface area (Å²) in [5, 5.41) is 0.803. The van der Waals surface area contributed by atoms with Crippen molar-refractivity contribution < 1.29 is 0 Å². The van der Waals surface area contributed by atoms with Gasteiger partial charge in [0.2, 0.25) is 0 Å². The summed E-state index contributed by atoms with van der Waals surface area (Å²) in [6.07, 6.45) is 2.03. The monoisotopic (exact) mass is 183 g/mol. The van der Waals surface area contributed by atoms with Gasteiger partial charge in [-0.15, -0.1) is 0 Å². The lowest BCUT2D eigenvalue weighted by molar-refractivity contribution is 0.666. The maximum atomic E-state index is 5.83. The minimum atomic E-state index is 0.268. The molecular formula is C10H14ClN. The maximum absolute atomic E-state index is 5.83. The molecule has 0 heterocycles. The van der Waals surface area contributed by atoms with Crippen LogP contribution in [0.15, 0.2) is 24.3 Å². The van der Waals surface area contributed by atoms with Gasteiger partial charge in [0.15, 0.2) is 0 Å². The molecule has 2 N–H and O–H groups in total. The van der Waals surface area contributed by atoms with E-state index >= 15 is 0 Å². The number of aryl methyl sites for hydroxylation is 1. The third-order valence-corrected chi connectivity index (χ3v) is 2.01. The Bertz CT molecular complexity index is 245. The number of rotatable bonds is 3. The molecule has 0 spiro atoms. The van der Waals surface area contributed by atoms with Gasteiger partial charge in [0, 0.05) is 11.1 Å². The zero-order chi connectivity index (χ0) is 8.97. The lowest BCUT2D eigenvalue weighted by Gasteiger charge is -2.04. The van der Waals surface area contributed by atoms with Gasteiger partial charge in [-0.1, -0.05) is 23.7 Å². The van der Waals surface area contributed by atoms with Crippen LogP contribution in [0.4, 0.5) is 0 Å². The number of nitrogens with two attached hydrogens (primary N) is 1. The molecule has 0 saturated carbocycles. The van der Waals surface area contributed by atoms with E-state index in [9.17, 15) is 0 Å². The largest absolute Gasteiger partial charge is 0.328 e. The highest BCUT2D eigenvalue weighted by Crippen LogP contribution is 2.12. The van der Waals surface area contributed by atoms with Gasteiger partial charge >= 0.3 is 0 Å². The fourth-order valence-electron chi connectivity index (χ4n) is 1.09. The Balaban J connectivity index is 2.52. The Labute approximate surface area is 78.5 Å². The van der Waals surface area contributed by atoms with Crippen molar-refractivity contribution >= 4 is 11.6 Å². The summed E-state index contributed by atoms with van der Waals surface area (Å²) in [5.74, 6) is 0. The van der Waals surface area contributed by atoms with Gasteiger partial charge in [-0.3, -0.25) is 0 Å². The molecule has 66 valence electrons. The lowest BCUT2D eigenvalue weighted by atomic mass is 10.1. The van der Waals surface area contributed by atoms with Crippen molar-refractivity contribution in [1.29, 1.82) is 0 Å². The Morgan fingerprint density at radius 2 is 2.25 bits per heavy atom. The number of halogens is 1. The minimum absolute atomic E-state index is 0.268. The third-order valence-electron chi connectivity index (χ3n) is 1.78. The molecule has 0 aromatic heterocycles. The van der Waals surface area contributed by atoms with Crippen molar-refractivity contribution in [2.24, 2.45) is 5.73 Å². The Hall–Kier alpha value is -0.530. The quantitative estimate of drug-likeness (QED) is 0.766. The van der Waals surface area contributed by atoms with Crippen molar-refractivity contribution in [2.45, 2.75) is 25.8 Å². The summed E-state index contributed by atoms with van der Waals surface area (Å²) >= 11 is 5.83. The molecule has 0 amide bonds. The molecule has 0 aliphatic carbocycles. The summed E-state index contributed by atoms with van der Waals surface area (Å²) in [6, 6.07) is 8.19. The topological polar surface area (TPSA) is 26.0 Å². The molecule has 0 aliphatic rings. The fraction of sp³-hybridized carbons (Fsp3) is 0.400. The van der Waals surface area contributed by atoms with Crippen LogP contribution in [0, 0.1) is 0 Å². The molecule has 2 heteroatoms. The molecule has 0 aliphatic heterocycles. The van der Waals surface area contributed by atoms with E-state index in [0.717, 1.165) is 17.9 Å². The van der Waals surface area contributed by atoms with Crippen LogP contribution in [-0.2, 0) is 6.42 Å². The van der Waals surface area contributed by atoms with Crippen LogP contribution in [0.3, 0.4) is 0 Å². The van der Waals surface area contributed by atoms with E-state index in [-0.39, 0.29) is 6.04 Å². The summed E-state index contributed by atoms with van der Waals surface area (Å²) in [5.41, 5.74) is 6.91. The van der Waals surface area contributed by atoms with E-state index < -0.39 is 0 Å². The highest BCUT2D eigenvalue weighted by Gasteiger charge is 1.96. The maximum Gasteiger partial charge on any atom is 0.0408 e. The van der Waals surface area contributed by atoms with Crippen LogP contribution in [0.25, 0.3) is 0 Å². The molecule has 1 aromatic rings. The second-order valence-electron chi connectivity index (χ2n) is 3.15. The van der Waals surface area contributed by atoms with Crippen molar-refractivity contribution in [2.75, 3.05) is 0 Å². The molecule has 1 rings (SSSR count). The number of hydrogen-bond donors (Lipinski definition) is 1. The molecule has 1 nitrogen and oxygen atoms in total. The van der Waals surface area contributed by atoms with Crippen LogP contribution in [-0.4, -0.2) is 6.04 Å². The van der Waals surface area contributed by atoms with Crippen molar-refractivity contribution in [1.82, 2.24) is 0 Å². The van der Waals surface area contributed by atoms with Crippen LogP contribution in [0.2, 0.25) is 5.02 Å². The first-order valence-electron chi connectivity index (χ1n) is 4.18. The molecule has 0 radical (unpaired) electrons. The van der Waals surface area contributed by atoms with E-state index in [2.05, 4.69) is 6.07 Å². The van der Waals surface area contributed by atoms with E-state index in [1.54, 1.807) is 0 Å². The number of hydrogen-bond acceptors (Lipinski definition) is 1. The Morgan fingerprint density at radius 1 is 1.50 bits per heavy atom. The Kier molecular flexibility index (Phi) is 3.57. The van der Waals surface area contributed by atoms with Gasteiger partial charge in [0.05, 0.1) is 0 Å². The zero-order valence-corrected chi connectivity index (χ0v) is 8.01. The Morgan fingerprint density at radius 3 is 2.83 bits per heavy atom. The second kappa shape index (κ2) is 4.48. The lowest BCUT2D eigenvalue weighted by Crippen LogP contribution is -2.15. The van der Waals surface area contributed by atoms with E-state index in [4.69, 9.17) is 17.3 Å². The average Bonchev–Trinajstić information content (AvgIpc) is 2.01. The molecular weight excluding hydrogens is 170 g/mol. The molecule has 12 heavy (non-hydrogen) atoms. The van der Waals surface area contributed by atoms with Crippen molar-refractivity contribution in [3.05, 3.63) is 34.9 Å². The standard InChI is InChI=1S/C10H14ClN/c1-8(12)5-6-9-3-2-4-10(11)7-9/h2-4,7-8H,5-6,12H2,1H3/t8-/m0/s1. The normalized spacial score (nSPS) is 12.9. The van der Waals surface area contributed by atoms with Gasteiger partial charge < -0.3 is 5.73 Å². The number of benzene rings is 1. The van der Waals surface area contributed by atoms with E-state index in [1.165, 1.54) is 5.56 Å². The molecule has 0 fully saturated rings. The highest BCUT2D eigenvalue weighted by molar-refractivity contribution is 6.30. The summed E-state index contributed by atoms with van der Waals surface area (Å²) in [4.78, 5) is 0. The van der Waals surface area contributed by atoms with Gasteiger partial charge in [0.1, 0.15) is 0 Å². The van der Waals surface area contributed by atoms with Gasteiger partial charge in [-0.25, -0.2) is 0 Å². The second-order valence-corrected chi connectivity index (χ2v) is 3.58. The average molecular weight is 184 g/mol. The molecule has 0 unspecified atom stereocenters. The fourth-order valence-corrected chi connectivity index (χ4v) is 1.30. The van der Waals surface area contributed by atoms with Crippen LogP contribution >= 0.6 is 11.6 Å². The smallest absolute Gasteiger partial charge is 0.0408 e. The summed E-state index contributed by atoms with van der Waals surface area (Å²) in [7, 11) is 0. The predicted octanol–water partition coefficient (Wildman–Crippen LogP) is 2.62. The zero-order valence-electron chi connectivity index (χ0n) is 7.26. The van der Waals surface area contributed by atoms with Crippen LogP contribution < -0.4 is 5.73 Å². The molecule has 1 aromatic carbocycles. The molecule has 0 saturated heterocycles.